The SMILES string of the molecule is CC(C)N1C[C@]2(C)CNC[C@@](C)(C1)C2O. The summed E-state index contributed by atoms with van der Waals surface area (Å²) in [6.45, 7) is 12.8. The van der Waals surface area contributed by atoms with Crippen LogP contribution in [0.3, 0.4) is 0 Å². The second-order valence-corrected chi connectivity index (χ2v) is 6.31. The lowest BCUT2D eigenvalue weighted by molar-refractivity contribution is -0.147. The zero-order valence-electron chi connectivity index (χ0n) is 10.4. The first-order chi connectivity index (χ1) is 6.87. The highest BCUT2D eigenvalue weighted by atomic mass is 16.3. The minimum atomic E-state index is -0.166. The van der Waals surface area contributed by atoms with Crippen molar-refractivity contribution in [3.63, 3.8) is 0 Å². The highest BCUT2D eigenvalue weighted by Gasteiger charge is 2.53. The van der Waals surface area contributed by atoms with Crippen LogP contribution in [0.2, 0.25) is 0 Å². The Morgan fingerprint density at radius 1 is 1.20 bits per heavy atom. The summed E-state index contributed by atoms with van der Waals surface area (Å²) in [5, 5.41) is 13.9. The zero-order valence-corrected chi connectivity index (χ0v) is 10.4. The lowest BCUT2D eigenvalue weighted by Gasteiger charge is -2.58. The number of piperidine rings is 2. The quantitative estimate of drug-likeness (QED) is 0.671. The largest absolute Gasteiger partial charge is 0.392 e. The molecular formula is C12H24N2O. The highest BCUT2D eigenvalue weighted by molar-refractivity contribution is 5.07. The second kappa shape index (κ2) is 3.44. The Bertz CT molecular complexity index is 236. The maximum absolute atomic E-state index is 10.4. The maximum atomic E-state index is 10.4. The van der Waals surface area contributed by atoms with Crippen molar-refractivity contribution < 1.29 is 5.11 Å². The van der Waals surface area contributed by atoms with Crippen LogP contribution >= 0.6 is 0 Å². The Labute approximate surface area is 92.8 Å². The van der Waals surface area contributed by atoms with E-state index in [1.165, 1.54) is 0 Å². The van der Waals surface area contributed by atoms with Crippen molar-refractivity contribution in [3.8, 4) is 0 Å². The molecule has 2 heterocycles. The molecule has 15 heavy (non-hydrogen) atoms. The lowest BCUT2D eigenvalue weighted by Crippen LogP contribution is -2.70. The monoisotopic (exact) mass is 212 g/mol. The van der Waals surface area contributed by atoms with Gasteiger partial charge in [0.15, 0.2) is 0 Å². The molecule has 2 aliphatic heterocycles. The number of hydrogen-bond acceptors (Lipinski definition) is 3. The molecule has 88 valence electrons. The Kier molecular flexibility index (Phi) is 2.61. The number of nitrogens with zero attached hydrogens (tertiary/aromatic N) is 1. The summed E-state index contributed by atoms with van der Waals surface area (Å²) >= 11 is 0. The Morgan fingerprint density at radius 2 is 1.67 bits per heavy atom. The fourth-order valence-electron chi connectivity index (χ4n) is 3.30. The number of rotatable bonds is 1. The molecule has 3 heteroatoms. The molecule has 0 saturated carbocycles. The van der Waals surface area contributed by atoms with E-state index in [0.29, 0.717) is 6.04 Å². The van der Waals surface area contributed by atoms with Gasteiger partial charge in [-0.15, -0.1) is 0 Å². The van der Waals surface area contributed by atoms with Crippen LogP contribution in [-0.4, -0.2) is 48.3 Å². The van der Waals surface area contributed by atoms with Crippen LogP contribution in [0.15, 0.2) is 0 Å². The van der Waals surface area contributed by atoms with E-state index in [1.54, 1.807) is 0 Å². The fraction of sp³-hybridized carbons (Fsp3) is 1.00. The molecular weight excluding hydrogens is 188 g/mol. The predicted molar refractivity (Wildman–Crippen MR) is 61.8 cm³/mol. The number of nitrogens with one attached hydrogen (secondary N) is 1. The number of hydrogen-bond donors (Lipinski definition) is 2. The predicted octanol–water partition coefficient (Wildman–Crippen LogP) is 0.687. The molecule has 2 rings (SSSR count). The van der Waals surface area contributed by atoms with Crippen LogP contribution in [0.25, 0.3) is 0 Å². The molecule has 0 amide bonds. The molecule has 0 spiro atoms. The van der Waals surface area contributed by atoms with Crippen LogP contribution in [0.1, 0.15) is 27.7 Å². The van der Waals surface area contributed by atoms with Gasteiger partial charge in [-0.1, -0.05) is 13.8 Å². The van der Waals surface area contributed by atoms with E-state index in [4.69, 9.17) is 0 Å². The second-order valence-electron chi connectivity index (χ2n) is 6.31. The van der Waals surface area contributed by atoms with Gasteiger partial charge in [-0.25, -0.2) is 0 Å². The molecule has 0 radical (unpaired) electrons. The molecule has 2 fully saturated rings. The standard InChI is InChI=1S/C12H24N2O/c1-9(2)14-7-11(3)5-13-6-12(4,8-14)10(11)15/h9-10,13,15H,5-8H2,1-4H3/t11-,12-/m0/s1. The molecule has 2 aliphatic rings. The summed E-state index contributed by atoms with van der Waals surface area (Å²) in [4.78, 5) is 2.51. The third-order valence-corrected chi connectivity index (χ3v) is 4.24. The van der Waals surface area contributed by atoms with E-state index in [9.17, 15) is 5.11 Å². The van der Waals surface area contributed by atoms with Crippen LogP contribution < -0.4 is 5.32 Å². The van der Waals surface area contributed by atoms with Crippen molar-refractivity contribution in [2.45, 2.75) is 39.8 Å². The third-order valence-electron chi connectivity index (χ3n) is 4.24. The maximum Gasteiger partial charge on any atom is 0.0696 e. The molecule has 2 N–H and O–H groups in total. The van der Waals surface area contributed by atoms with Gasteiger partial charge in [0, 0.05) is 43.1 Å². The van der Waals surface area contributed by atoms with Gasteiger partial charge in [-0.05, 0) is 13.8 Å². The summed E-state index contributed by atoms with van der Waals surface area (Å²) in [5.41, 5.74) is 0.0467. The Morgan fingerprint density at radius 3 is 2.07 bits per heavy atom. The molecule has 0 aliphatic carbocycles. The first kappa shape index (κ1) is 11.4. The van der Waals surface area contributed by atoms with E-state index in [1.807, 2.05) is 0 Å². The fourth-order valence-corrected chi connectivity index (χ4v) is 3.30. The van der Waals surface area contributed by atoms with Gasteiger partial charge in [0.1, 0.15) is 0 Å². The third kappa shape index (κ3) is 1.71. The van der Waals surface area contributed by atoms with Crippen molar-refractivity contribution in [3.05, 3.63) is 0 Å². The van der Waals surface area contributed by atoms with Crippen LogP contribution in [0.5, 0.6) is 0 Å². The normalized spacial score (nSPS) is 47.2. The van der Waals surface area contributed by atoms with Crippen LogP contribution in [0, 0.1) is 10.8 Å². The topological polar surface area (TPSA) is 35.5 Å². The first-order valence-corrected chi connectivity index (χ1v) is 6.00. The Balaban J connectivity index is 2.25. The van der Waals surface area contributed by atoms with Gasteiger partial charge in [-0.3, -0.25) is 4.90 Å². The van der Waals surface area contributed by atoms with E-state index in [2.05, 4.69) is 37.9 Å². The summed E-state index contributed by atoms with van der Waals surface area (Å²) < 4.78 is 0. The zero-order chi connectivity index (χ0) is 11.3. The van der Waals surface area contributed by atoms with E-state index >= 15 is 0 Å². The summed E-state index contributed by atoms with van der Waals surface area (Å²) in [7, 11) is 0. The molecule has 2 saturated heterocycles. The smallest absolute Gasteiger partial charge is 0.0696 e. The molecule has 0 aromatic carbocycles. The average molecular weight is 212 g/mol. The van der Waals surface area contributed by atoms with Crippen molar-refractivity contribution in [1.82, 2.24) is 10.2 Å². The number of likely N-dealkylation sites (tertiary alicyclic amines) is 1. The van der Waals surface area contributed by atoms with Gasteiger partial charge in [0.25, 0.3) is 0 Å². The van der Waals surface area contributed by atoms with Crippen molar-refractivity contribution in [1.29, 1.82) is 0 Å². The summed E-state index contributed by atoms with van der Waals surface area (Å²) in [6, 6.07) is 0.578. The van der Waals surface area contributed by atoms with Crippen LogP contribution in [-0.2, 0) is 0 Å². The number of fused-ring (bicyclic) bond motifs is 2. The lowest BCUT2D eigenvalue weighted by atomic mass is 9.63. The molecule has 0 unspecified atom stereocenters. The van der Waals surface area contributed by atoms with Gasteiger partial charge in [-0.2, -0.15) is 0 Å². The molecule has 0 aromatic heterocycles. The highest BCUT2D eigenvalue weighted by Crippen LogP contribution is 2.43. The van der Waals surface area contributed by atoms with Crippen molar-refractivity contribution in [2.24, 2.45) is 10.8 Å². The van der Waals surface area contributed by atoms with Gasteiger partial charge in [0.2, 0.25) is 0 Å². The minimum absolute atomic E-state index is 0.0233. The average Bonchev–Trinajstić information content (AvgIpc) is 2.10. The van der Waals surface area contributed by atoms with E-state index < -0.39 is 0 Å². The molecule has 2 atom stereocenters. The molecule has 0 aromatic rings. The van der Waals surface area contributed by atoms with E-state index in [-0.39, 0.29) is 16.9 Å². The van der Waals surface area contributed by atoms with Gasteiger partial charge < -0.3 is 10.4 Å². The first-order valence-electron chi connectivity index (χ1n) is 6.00. The van der Waals surface area contributed by atoms with Crippen molar-refractivity contribution >= 4 is 0 Å². The van der Waals surface area contributed by atoms with Gasteiger partial charge >= 0.3 is 0 Å². The van der Waals surface area contributed by atoms with Crippen molar-refractivity contribution in [2.75, 3.05) is 26.2 Å². The van der Waals surface area contributed by atoms with E-state index in [0.717, 1.165) is 26.2 Å². The van der Waals surface area contributed by atoms with Crippen LogP contribution in [0.4, 0.5) is 0 Å². The minimum Gasteiger partial charge on any atom is -0.392 e. The number of aliphatic hydroxyl groups is 1. The summed E-state index contributed by atoms with van der Waals surface area (Å²) in [6.07, 6.45) is -0.166. The molecule has 2 bridgehead atoms. The number of aliphatic hydroxyl groups excluding tert-OH is 1. The van der Waals surface area contributed by atoms with Gasteiger partial charge in [0.05, 0.1) is 6.10 Å². The Hall–Kier alpha value is -0.120. The summed E-state index contributed by atoms with van der Waals surface area (Å²) in [5.74, 6) is 0. The molecule has 3 nitrogen and oxygen atoms in total.